The summed E-state index contributed by atoms with van der Waals surface area (Å²) in [6, 6.07) is 0. The quantitative estimate of drug-likeness (QED) is 0.0279. The molecular formula is C43H75O8P. The van der Waals surface area contributed by atoms with Crippen LogP contribution in [-0.2, 0) is 28.2 Å². The van der Waals surface area contributed by atoms with Crippen LogP contribution in [0, 0.1) is 0 Å². The molecular weight excluding hydrogens is 675 g/mol. The number of rotatable bonds is 37. The molecule has 52 heavy (non-hydrogen) atoms. The molecule has 0 unspecified atom stereocenters. The number of phosphoric acid groups is 1. The first-order valence-corrected chi connectivity index (χ1v) is 22.1. The van der Waals surface area contributed by atoms with Crippen molar-refractivity contribution in [1.29, 1.82) is 0 Å². The number of allylic oxidation sites excluding steroid dienone is 10. The molecule has 2 N–H and O–H groups in total. The summed E-state index contributed by atoms with van der Waals surface area (Å²) in [4.78, 5) is 42.8. The first-order valence-electron chi connectivity index (χ1n) is 20.6. The largest absolute Gasteiger partial charge is 0.469 e. The Morgan fingerprint density at radius 1 is 0.519 bits per heavy atom. The van der Waals surface area contributed by atoms with Crippen molar-refractivity contribution in [2.75, 3.05) is 13.2 Å². The summed E-state index contributed by atoms with van der Waals surface area (Å²) < 4.78 is 26.3. The molecule has 300 valence electrons. The monoisotopic (exact) mass is 751 g/mol. The lowest BCUT2D eigenvalue weighted by Crippen LogP contribution is -2.29. The molecule has 1 atom stereocenters. The topological polar surface area (TPSA) is 119 Å². The van der Waals surface area contributed by atoms with Gasteiger partial charge in [-0.3, -0.25) is 14.1 Å². The van der Waals surface area contributed by atoms with Gasteiger partial charge in [-0.2, -0.15) is 0 Å². The normalized spacial score (nSPS) is 13.1. The van der Waals surface area contributed by atoms with Crippen LogP contribution in [0.1, 0.15) is 181 Å². The molecule has 0 aliphatic heterocycles. The maximum Gasteiger partial charge on any atom is 0.469 e. The Labute approximate surface area is 317 Å². The number of unbranched alkanes of at least 4 members (excludes halogenated alkanes) is 17. The van der Waals surface area contributed by atoms with Crippen LogP contribution in [0.4, 0.5) is 0 Å². The van der Waals surface area contributed by atoms with Crippen molar-refractivity contribution in [3.05, 3.63) is 60.8 Å². The lowest BCUT2D eigenvalue weighted by Gasteiger charge is -2.18. The first kappa shape index (κ1) is 49.8. The summed E-state index contributed by atoms with van der Waals surface area (Å²) in [6.07, 6.45) is 47.9. The molecule has 0 fully saturated rings. The highest BCUT2D eigenvalue weighted by Crippen LogP contribution is 2.36. The van der Waals surface area contributed by atoms with Crippen molar-refractivity contribution >= 4 is 19.8 Å². The standard InChI is InChI=1S/C43H75O8P/c1-3-5-7-9-11-13-15-17-19-20-21-22-24-25-27-29-31-33-35-37-42(44)49-39-41(40-50-52(46,47)48)51-43(45)38-36-34-32-30-28-26-23-18-16-14-12-10-8-6-4-2/h5,7,11,13,17,19,21-22,25,27,41H,3-4,6,8-10,12,14-16,18,20,23-24,26,28-40H2,1-2H3,(H2,46,47,48)/b7-5+,13-11+,19-17+,22-21+,27-25+/t41-/m1/s1. The minimum absolute atomic E-state index is 0.205. The molecule has 0 aromatic carbocycles. The molecule has 8 nitrogen and oxygen atoms in total. The van der Waals surface area contributed by atoms with E-state index in [0.717, 1.165) is 70.6 Å². The van der Waals surface area contributed by atoms with E-state index in [2.05, 4.69) is 79.1 Å². The van der Waals surface area contributed by atoms with Crippen molar-refractivity contribution in [2.45, 2.75) is 187 Å². The van der Waals surface area contributed by atoms with Gasteiger partial charge in [0, 0.05) is 12.8 Å². The van der Waals surface area contributed by atoms with Gasteiger partial charge < -0.3 is 19.3 Å². The summed E-state index contributed by atoms with van der Waals surface area (Å²) in [5.74, 6) is -0.922. The van der Waals surface area contributed by atoms with Crippen LogP contribution in [0.2, 0.25) is 0 Å². The van der Waals surface area contributed by atoms with Crippen molar-refractivity contribution < 1.29 is 37.9 Å². The smallest absolute Gasteiger partial charge is 0.462 e. The molecule has 0 saturated heterocycles. The number of hydrogen-bond donors (Lipinski definition) is 2. The number of esters is 2. The van der Waals surface area contributed by atoms with E-state index >= 15 is 0 Å². The Morgan fingerprint density at radius 2 is 0.923 bits per heavy atom. The zero-order valence-electron chi connectivity index (χ0n) is 32.9. The molecule has 0 radical (unpaired) electrons. The third kappa shape index (κ3) is 40.5. The lowest BCUT2D eigenvalue weighted by molar-refractivity contribution is -0.161. The molecule has 0 bridgehead atoms. The fourth-order valence-corrected chi connectivity index (χ4v) is 5.88. The van der Waals surface area contributed by atoms with E-state index in [1.807, 2.05) is 0 Å². The number of carbonyl (C=O) groups is 2. The van der Waals surface area contributed by atoms with Crippen LogP contribution in [0.25, 0.3) is 0 Å². The second kappa shape index (κ2) is 38.5. The van der Waals surface area contributed by atoms with E-state index in [4.69, 9.17) is 19.3 Å². The minimum Gasteiger partial charge on any atom is -0.462 e. The summed E-state index contributed by atoms with van der Waals surface area (Å²) >= 11 is 0. The van der Waals surface area contributed by atoms with Crippen molar-refractivity contribution in [2.24, 2.45) is 0 Å². The minimum atomic E-state index is -4.76. The van der Waals surface area contributed by atoms with Gasteiger partial charge in [-0.15, -0.1) is 0 Å². The molecule has 0 heterocycles. The first-order chi connectivity index (χ1) is 25.3. The Kier molecular flexibility index (Phi) is 36.8. The van der Waals surface area contributed by atoms with Gasteiger partial charge >= 0.3 is 19.8 Å². The number of ether oxygens (including phenoxy) is 2. The second-order valence-corrected chi connectivity index (χ2v) is 14.8. The number of carbonyl (C=O) groups excluding carboxylic acids is 2. The van der Waals surface area contributed by atoms with E-state index in [9.17, 15) is 14.2 Å². The van der Waals surface area contributed by atoms with Crippen molar-refractivity contribution in [1.82, 2.24) is 0 Å². The molecule has 0 aromatic rings. The van der Waals surface area contributed by atoms with Gasteiger partial charge in [-0.25, -0.2) is 4.57 Å². The van der Waals surface area contributed by atoms with E-state index in [-0.39, 0.29) is 19.4 Å². The molecule has 0 aliphatic carbocycles. The van der Waals surface area contributed by atoms with Gasteiger partial charge in [0.2, 0.25) is 0 Å². The van der Waals surface area contributed by atoms with E-state index in [0.29, 0.717) is 12.8 Å². The molecule has 0 rings (SSSR count). The summed E-state index contributed by atoms with van der Waals surface area (Å²) in [6.45, 7) is 3.54. The second-order valence-electron chi connectivity index (χ2n) is 13.6. The maximum absolute atomic E-state index is 12.4. The highest BCUT2D eigenvalue weighted by atomic mass is 31.2. The highest BCUT2D eigenvalue weighted by Gasteiger charge is 2.22. The average molecular weight is 751 g/mol. The predicted molar refractivity (Wildman–Crippen MR) is 216 cm³/mol. The zero-order valence-corrected chi connectivity index (χ0v) is 33.8. The van der Waals surface area contributed by atoms with Gasteiger partial charge in [-0.1, -0.05) is 171 Å². The fraction of sp³-hybridized carbons (Fsp3) is 0.721. The molecule has 0 amide bonds. The Hall–Kier alpha value is -2.25. The van der Waals surface area contributed by atoms with Crippen molar-refractivity contribution in [3.8, 4) is 0 Å². The van der Waals surface area contributed by atoms with Crippen LogP contribution in [0.5, 0.6) is 0 Å². The summed E-state index contributed by atoms with van der Waals surface area (Å²) in [5, 5.41) is 0. The summed E-state index contributed by atoms with van der Waals surface area (Å²) in [5.41, 5.74) is 0. The van der Waals surface area contributed by atoms with E-state index in [1.54, 1.807) is 0 Å². The Balaban J connectivity index is 4.00. The molecule has 0 aromatic heterocycles. The van der Waals surface area contributed by atoms with Gasteiger partial charge in [0.1, 0.15) is 6.61 Å². The molecule has 9 heteroatoms. The van der Waals surface area contributed by atoms with E-state index in [1.165, 1.54) is 70.6 Å². The Morgan fingerprint density at radius 3 is 1.38 bits per heavy atom. The van der Waals surface area contributed by atoms with Gasteiger partial charge in [0.15, 0.2) is 6.10 Å². The lowest BCUT2D eigenvalue weighted by atomic mass is 10.0. The average Bonchev–Trinajstić information content (AvgIpc) is 3.11. The van der Waals surface area contributed by atoms with E-state index < -0.39 is 32.5 Å². The molecule has 0 aliphatic rings. The van der Waals surface area contributed by atoms with Gasteiger partial charge in [0.05, 0.1) is 6.61 Å². The van der Waals surface area contributed by atoms with Crippen molar-refractivity contribution in [3.63, 3.8) is 0 Å². The third-order valence-corrected chi connectivity index (χ3v) is 9.04. The number of hydrogen-bond acceptors (Lipinski definition) is 6. The molecule has 0 saturated carbocycles. The SMILES string of the molecule is CC/C=C/C/C=C/C/C=C/C/C=C/C/C=C/CCCCCC(=O)OC[C@H](COP(=O)(O)O)OC(=O)CCCCCCCCCCCCCCCCC. The Bertz CT molecular complexity index is 1030. The summed E-state index contributed by atoms with van der Waals surface area (Å²) in [7, 11) is -4.76. The molecule has 0 spiro atoms. The third-order valence-electron chi connectivity index (χ3n) is 8.55. The predicted octanol–water partition coefficient (Wildman–Crippen LogP) is 12.5. The van der Waals surface area contributed by atoms with Crippen LogP contribution in [0.3, 0.4) is 0 Å². The van der Waals surface area contributed by atoms with Gasteiger partial charge in [-0.05, 0) is 57.8 Å². The van der Waals surface area contributed by atoms with Crippen LogP contribution >= 0.6 is 7.82 Å². The maximum atomic E-state index is 12.4. The highest BCUT2D eigenvalue weighted by molar-refractivity contribution is 7.46. The zero-order chi connectivity index (χ0) is 38.2. The van der Waals surface area contributed by atoms with Crippen LogP contribution in [-0.4, -0.2) is 41.0 Å². The number of phosphoric ester groups is 1. The van der Waals surface area contributed by atoms with Crippen LogP contribution < -0.4 is 0 Å². The van der Waals surface area contributed by atoms with Gasteiger partial charge in [0.25, 0.3) is 0 Å². The van der Waals surface area contributed by atoms with Crippen LogP contribution in [0.15, 0.2) is 60.8 Å². The fourth-order valence-electron chi connectivity index (χ4n) is 5.52.